The van der Waals surface area contributed by atoms with E-state index in [1.807, 2.05) is 4.90 Å². The van der Waals surface area contributed by atoms with Gasteiger partial charge in [-0.2, -0.15) is 0 Å². The molecule has 0 aliphatic carbocycles. The van der Waals surface area contributed by atoms with Crippen molar-refractivity contribution in [3.8, 4) is 0 Å². The smallest absolute Gasteiger partial charge is 0.224 e. The van der Waals surface area contributed by atoms with Crippen LogP contribution in [-0.2, 0) is 9.59 Å². The normalized spacial score (nSPS) is 16.2. The van der Waals surface area contributed by atoms with Crippen molar-refractivity contribution in [1.82, 2.24) is 14.7 Å². The summed E-state index contributed by atoms with van der Waals surface area (Å²) in [5.74, 6) is 0.255. The zero-order valence-electron chi connectivity index (χ0n) is 13.2. The van der Waals surface area contributed by atoms with Gasteiger partial charge >= 0.3 is 0 Å². The largest absolute Gasteiger partial charge is 0.342 e. The molecule has 5 nitrogen and oxygen atoms in total. The first kappa shape index (κ1) is 17.0. The maximum Gasteiger partial charge on any atom is 0.224 e. The summed E-state index contributed by atoms with van der Waals surface area (Å²) in [4.78, 5) is 29.8. The summed E-state index contributed by atoms with van der Waals surface area (Å²) in [5, 5.41) is 0. The van der Waals surface area contributed by atoms with E-state index in [9.17, 15) is 9.59 Å². The molecule has 0 aromatic heterocycles. The van der Waals surface area contributed by atoms with Gasteiger partial charge in [0.1, 0.15) is 0 Å². The number of hydrogen-bond donors (Lipinski definition) is 0. The molecule has 0 aromatic rings. The molecule has 0 unspecified atom stereocenters. The van der Waals surface area contributed by atoms with Crippen molar-refractivity contribution in [3.63, 3.8) is 0 Å². The molecule has 20 heavy (non-hydrogen) atoms. The molecule has 0 saturated carbocycles. The minimum absolute atomic E-state index is 0.0713. The Hall–Kier alpha value is -1.10. The molecule has 0 N–H and O–H groups in total. The van der Waals surface area contributed by atoms with Gasteiger partial charge in [-0.3, -0.25) is 9.59 Å². The van der Waals surface area contributed by atoms with Gasteiger partial charge in [0.05, 0.1) is 0 Å². The minimum Gasteiger partial charge on any atom is -0.342 e. The molecule has 1 aliphatic rings. The highest BCUT2D eigenvalue weighted by Gasteiger charge is 2.20. The van der Waals surface area contributed by atoms with Crippen molar-refractivity contribution < 1.29 is 9.59 Å². The van der Waals surface area contributed by atoms with E-state index in [0.717, 1.165) is 52.1 Å². The van der Waals surface area contributed by atoms with Crippen molar-refractivity contribution in [1.29, 1.82) is 0 Å². The molecule has 0 bridgehead atoms. The predicted octanol–water partition coefficient (Wildman–Crippen LogP) is 1.19. The molecule has 116 valence electrons. The second-order valence-electron chi connectivity index (χ2n) is 5.42. The van der Waals surface area contributed by atoms with Gasteiger partial charge < -0.3 is 14.7 Å². The van der Waals surface area contributed by atoms with E-state index in [4.69, 9.17) is 0 Å². The summed E-state index contributed by atoms with van der Waals surface area (Å²) in [6.07, 6.45) is 2.52. The van der Waals surface area contributed by atoms with E-state index >= 15 is 0 Å². The summed E-state index contributed by atoms with van der Waals surface area (Å²) in [7, 11) is 0. The predicted molar refractivity (Wildman–Crippen MR) is 80.5 cm³/mol. The third-order valence-corrected chi connectivity index (χ3v) is 3.99. The van der Waals surface area contributed by atoms with Gasteiger partial charge in [0.25, 0.3) is 0 Å². The Morgan fingerprint density at radius 2 is 1.70 bits per heavy atom. The number of piperazine rings is 1. The Balaban J connectivity index is 2.32. The number of nitrogens with zero attached hydrogens (tertiary/aromatic N) is 3. The molecule has 1 saturated heterocycles. The fraction of sp³-hybridized carbons (Fsp3) is 0.867. The Morgan fingerprint density at radius 1 is 1.05 bits per heavy atom. The third-order valence-electron chi connectivity index (χ3n) is 3.99. The van der Waals surface area contributed by atoms with E-state index in [2.05, 4.69) is 18.7 Å². The molecule has 0 radical (unpaired) electrons. The van der Waals surface area contributed by atoms with Gasteiger partial charge in [-0.1, -0.05) is 20.3 Å². The van der Waals surface area contributed by atoms with Gasteiger partial charge in [-0.05, 0) is 13.0 Å². The number of unbranched alkanes of at least 4 members (excludes halogenated alkanes) is 1. The average Bonchev–Trinajstić information content (AvgIpc) is 2.46. The zero-order valence-corrected chi connectivity index (χ0v) is 13.2. The molecule has 1 heterocycles. The van der Waals surface area contributed by atoms with Crippen LogP contribution in [0, 0.1) is 0 Å². The average molecular weight is 283 g/mol. The van der Waals surface area contributed by atoms with Crippen LogP contribution >= 0.6 is 0 Å². The number of carbonyl (C=O) groups is 2. The Morgan fingerprint density at radius 3 is 2.20 bits per heavy atom. The number of likely N-dealkylation sites (N-methyl/N-ethyl adjacent to an activating group) is 1. The van der Waals surface area contributed by atoms with Crippen LogP contribution in [0.4, 0.5) is 0 Å². The Bertz CT molecular complexity index is 312. The van der Waals surface area contributed by atoms with Crippen molar-refractivity contribution in [2.75, 3.05) is 45.8 Å². The number of rotatable bonds is 7. The van der Waals surface area contributed by atoms with Gasteiger partial charge in [0, 0.05) is 52.6 Å². The topological polar surface area (TPSA) is 43.9 Å². The molecule has 5 heteroatoms. The summed E-state index contributed by atoms with van der Waals surface area (Å²) >= 11 is 0. The van der Waals surface area contributed by atoms with Gasteiger partial charge in [-0.15, -0.1) is 0 Å². The highest BCUT2D eigenvalue weighted by atomic mass is 16.2. The number of carbonyl (C=O) groups excluding carboxylic acids is 2. The quantitative estimate of drug-likeness (QED) is 0.705. The molecule has 1 rings (SSSR count). The Labute approximate surface area is 122 Å². The molecule has 1 fully saturated rings. The van der Waals surface area contributed by atoms with Crippen LogP contribution in [0.3, 0.4) is 0 Å². The van der Waals surface area contributed by atoms with Gasteiger partial charge in [-0.25, -0.2) is 0 Å². The lowest BCUT2D eigenvalue weighted by atomic mass is 10.2. The van der Waals surface area contributed by atoms with Gasteiger partial charge in [0.2, 0.25) is 11.8 Å². The lowest BCUT2D eigenvalue weighted by Gasteiger charge is -2.34. The van der Waals surface area contributed by atoms with Crippen molar-refractivity contribution in [2.45, 2.75) is 40.0 Å². The number of amides is 2. The molecular weight excluding hydrogens is 254 g/mol. The highest BCUT2D eigenvalue weighted by Crippen LogP contribution is 2.05. The van der Waals surface area contributed by atoms with E-state index in [-0.39, 0.29) is 11.8 Å². The summed E-state index contributed by atoms with van der Waals surface area (Å²) in [6, 6.07) is 0. The minimum atomic E-state index is 0.0713. The molecule has 1 aliphatic heterocycles. The fourth-order valence-electron chi connectivity index (χ4n) is 2.48. The number of hydrogen-bond acceptors (Lipinski definition) is 3. The molecular formula is C15H29N3O2. The van der Waals surface area contributed by atoms with Crippen molar-refractivity contribution >= 4 is 11.8 Å². The molecule has 0 aromatic carbocycles. The van der Waals surface area contributed by atoms with Crippen molar-refractivity contribution in [3.05, 3.63) is 0 Å². The standard InChI is InChI=1S/C15H29N3O2/c1-4-6-8-17(14(3)19)9-7-15(20)18-12-10-16(5-2)11-13-18/h4-13H2,1-3H3. The highest BCUT2D eigenvalue weighted by molar-refractivity contribution is 5.78. The first-order chi connectivity index (χ1) is 9.58. The second kappa shape index (κ2) is 8.95. The second-order valence-corrected chi connectivity index (χ2v) is 5.42. The lowest BCUT2D eigenvalue weighted by Crippen LogP contribution is -2.49. The van der Waals surface area contributed by atoms with Crippen LogP contribution in [0.5, 0.6) is 0 Å². The van der Waals surface area contributed by atoms with Crippen LogP contribution in [-0.4, -0.2) is 72.3 Å². The van der Waals surface area contributed by atoms with Crippen LogP contribution in [0.25, 0.3) is 0 Å². The Kier molecular flexibility index (Phi) is 7.59. The first-order valence-electron chi connectivity index (χ1n) is 7.84. The molecule has 2 amide bonds. The monoisotopic (exact) mass is 283 g/mol. The maximum absolute atomic E-state index is 12.2. The van der Waals surface area contributed by atoms with E-state index in [1.54, 1.807) is 11.8 Å². The van der Waals surface area contributed by atoms with Gasteiger partial charge in [0.15, 0.2) is 0 Å². The van der Waals surface area contributed by atoms with Crippen LogP contribution in [0.15, 0.2) is 0 Å². The molecule has 0 spiro atoms. The van der Waals surface area contributed by atoms with Crippen LogP contribution in [0.2, 0.25) is 0 Å². The zero-order chi connectivity index (χ0) is 15.0. The van der Waals surface area contributed by atoms with Crippen LogP contribution in [0.1, 0.15) is 40.0 Å². The summed E-state index contributed by atoms with van der Waals surface area (Å²) in [6.45, 7) is 11.8. The first-order valence-corrected chi connectivity index (χ1v) is 7.84. The third kappa shape index (κ3) is 5.49. The van der Waals surface area contributed by atoms with Crippen molar-refractivity contribution in [2.24, 2.45) is 0 Å². The van der Waals surface area contributed by atoms with E-state index < -0.39 is 0 Å². The molecule has 0 atom stereocenters. The summed E-state index contributed by atoms with van der Waals surface area (Å²) < 4.78 is 0. The summed E-state index contributed by atoms with van der Waals surface area (Å²) in [5.41, 5.74) is 0. The maximum atomic E-state index is 12.2. The van der Waals surface area contributed by atoms with E-state index in [0.29, 0.717) is 13.0 Å². The fourth-order valence-corrected chi connectivity index (χ4v) is 2.48. The van der Waals surface area contributed by atoms with Crippen LogP contribution < -0.4 is 0 Å². The lowest BCUT2D eigenvalue weighted by molar-refractivity contribution is -0.134. The SMILES string of the molecule is CCCCN(CCC(=O)N1CCN(CC)CC1)C(C)=O. The van der Waals surface area contributed by atoms with E-state index in [1.165, 1.54) is 0 Å².